The van der Waals surface area contributed by atoms with E-state index in [-0.39, 0.29) is 11.3 Å². The molecule has 0 spiro atoms. The van der Waals surface area contributed by atoms with Crippen LogP contribution < -0.4 is 9.64 Å². The average Bonchev–Trinajstić information content (AvgIpc) is 3.43. The molecule has 5 rings (SSSR count). The summed E-state index contributed by atoms with van der Waals surface area (Å²) >= 11 is 4.67. The Morgan fingerprint density at radius 2 is 1.78 bits per heavy atom. The third-order valence-corrected chi connectivity index (χ3v) is 7.44. The van der Waals surface area contributed by atoms with Gasteiger partial charge in [-0.25, -0.2) is 0 Å². The van der Waals surface area contributed by atoms with E-state index in [2.05, 4.69) is 26.1 Å². The summed E-state index contributed by atoms with van der Waals surface area (Å²) in [4.78, 5) is 27.7. The van der Waals surface area contributed by atoms with Gasteiger partial charge in [-0.15, -0.1) is 10.2 Å². The van der Waals surface area contributed by atoms with E-state index < -0.39 is 17.7 Å². The maximum atomic E-state index is 13.2. The van der Waals surface area contributed by atoms with E-state index in [1.54, 1.807) is 37.3 Å². The molecule has 0 radical (unpaired) electrons. The summed E-state index contributed by atoms with van der Waals surface area (Å²) in [6.07, 6.45) is 0. The summed E-state index contributed by atoms with van der Waals surface area (Å²) in [5.41, 5.74) is 3.26. The number of aliphatic hydroxyl groups excluding tert-OH is 1. The summed E-state index contributed by atoms with van der Waals surface area (Å²) < 4.78 is 6.68. The van der Waals surface area contributed by atoms with Crippen LogP contribution in [-0.4, -0.2) is 27.0 Å². The van der Waals surface area contributed by atoms with Crippen LogP contribution >= 0.6 is 27.3 Å². The summed E-state index contributed by atoms with van der Waals surface area (Å²) in [7, 11) is 0. The van der Waals surface area contributed by atoms with E-state index in [4.69, 9.17) is 4.74 Å². The van der Waals surface area contributed by atoms with Crippen molar-refractivity contribution in [1.29, 1.82) is 0 Å². The molecule has 0 saturated carbocycles. The molecule has 4 aromatic rings. The molecule has 0 aliphatic carbocycles. The number of aryl methyl sites for hydroxylation is 2. The maximum Gasteiger partial charge on any atom is 0.301 e. The van der Waals surface area contributed by atoms with Crippen molar-refractivity contribution in [3.63, 3.8) is 0 Å². The lowest BCUT2D eigenvalue weighted by atomic mass is 9.95. The molecule has 1 N–H and O–H groups in total. The van der Waals surface area contributed by atoms with Gasteiger partial charge in [0.25, 0.3) is 5.78 Å². The monoisotopic (exact) mass is 575 g/mol. The lowest BCUT2D eigenvalue weighted by Gasteiger charge is -2.22. The number of ether oxygens (including phenoxy) is 1. The fourth-order valence-corrected chi connectivity index (χ4v) is 5.33. The van der Waals surface area contributed by atoms with Gasteiger partial charge in [0.1, 0.15) is 23.1 Å². The quantitative estimate of drug-likeness (QED) is 0.169. The predicted molar refractivity (Wildman–Crippen MR) is 146 cm³/mol. The number of ketones is 1. The molecule has 1 fully saturated rings. The second-order valence-corrected chi connectivity index (χ2v) is 10.6. The van der Waals surface area contributed by atoms with Crippen molar-refractivity contribution in [2.75, 3.05) is 4.90 Å². The molecule has 1 amide bonds. The molecule has 1 aliphatic rings. The second kappa shape index (κ2) is 10.3. The van der Waals surface area contributed by atoms with E-state index in [0.29, 0.717) is 33.6 Å². The van der Waals surface area contributed by atoms with Gasteiger partial charge in [-0.05, 0) is 66.9 Å². The van der Waals surface area contributed by atoms with E-state index in [1.165, 1.54) is 16.2 Å². The first kappa shape index (κ1) is 24.9. The molecular weight excluding hydrogens is 554 g/mol. The highest BCUT2D eigenvalue weighted by Crippen LogP contribution is 2.43. The van der Waals surface area contributed by atoms with Gasteiger partial charge in [0.05, 0.1) is 11.6 Å². The third-order valence-electron chi connectivity index (χ3n) is 6.11. The number of aromatic nitrogens is 2. The van der Waals surface area contributed by atoms with Crippen LogP contribution in [0.3, 0.4) is 0 Å². The zero-order valence-electron chi connectivity index (χ0n) is 20.0. The number of amides is 1. The Balaban J connectivity index is 1.51. The smallest absolute Gasteiger partial charge is 0.301 e. The first-order chi connectivity index (χ1) is 17.8. The first-order valence-electron chi connectivity index (χ1n) is 11.5. The minimum atomic E-state index is -0.859. The van der Waals surface area contributed by atoms with E-state index in [0.717, 1.165) is 15.6 Å². The van der Waals surface area contributed by atoms with Gasteiger partial charge < -0.3 is 9.84 Å². The Kier molecular flexibility index (Phi) is 6.90. The van der Waals surface area contributed by atoms with E-state index in [1.807, 2.05) is 49.4 Å². The van der Waals surface area contributed by atoms with Crippen LogP contribution in [-0.2, 0) is 16.2 Å². The van der Waals surface area contributed by atoms with Crippen LogP contribution in [0.5, 0.6) is 5.75 Å². The Morgan fingerprint density at radius 1 is 1.03 bits per heavy atom. The Labute approximate surface area is 226 Å². The molecule has 1 saturated heterocycles. The van der Waals surface area contributed by atoms with Crippen molar-refractivity contribution in [3.8, 4) is 5.75 Å². The van der Waals surface area contributed by atoms with Gasteiger partial charge in [0.15, 0.2) is 0 Å². The number of hydrogen-bond donors (Lipinski definition) is 1. The molecule has 186 valence electrons. The first-order valence-corrected chi connectivity index (χ1v) is 13.1. The molecule has 2 heterocycles. The second-order valence-electron chi connectivity index (χ2n) is 8.57. The van der Waals surface area contributed by atoms with Gasteiger partial charge in [-0.3, -0.25) is 14.5 Å². The van der Waals surface area contributed by atoms with Crippen molar-refractivity contribution >= 4 is 49.8 Å². The molecule has 1 aromatic heterocycles. The van der Waals surface area contributed by atoms with Crippen molar-refractivity contribution in [3.05, 3.63) is 110 Å². The Hall–Kier alpha value is -3.82. The zero-order chi connectivity index (χ0) is 26.1. The number of carbonyl (C=O) groups excluding carboxylic acids is 2. The van der Waals surface area contributed by atoms with Crippen LogP contribution in [0.4, 0.5) is 5.13 Å². The Bertz CT molecular complexity index is 1530. The van der Waals surface area contributed by atoms with Gasteiger partial charge >= 0.3 is 5.91 Å². The molecular formula is C28H22BrN3O4S. The summed E-state index contributed by atoms with van der Waals surface area (Å²) in [5.74, 6) is -1.19. The number of aliphatic hydroxyl groups is 1. The highest BCUT2D eigenvalue weighted by Gasteiger charge is 2.48. The minimum absolute atomic E-state index is 0.00969. The normalized spacial score (nSPS) is 16.8. The van der Waals surface area contributed by atoms with Crippen molar-refractivity contribution in [2.24, 2.45) is 0 Å². The average molecular weight is 576 g/mol. The standard InChI is InChI=1S/C28H22BrN3O4S/c1-16-6-3-4-7-20(16)15-36-22-12-10-18(11-13-22)25(33)23-24(19-8-5-9-21(29)14-19)32(27(35)26(23)34)28-31-30-17(2)37-28/h3-14,24,33H,15H2,1-2H3/b25-23+. The van der Waals surface area contributed by atoms with Crippen LogP contribution in [0, 0.1) is 13.8 Å². The maximum absolute atomic E-state index is 13.2. The summed E-state index contributed by atoms with van der Waals surface area (Å²) in [5, 5.41) is 20.4. The number of nitrogens with zero attached hydrogens (tertiary/aromatic N) is 3. The van der Waals surface area contributed by atoms with E-state index >= 15 is 0 Å². The topological polar surface area (TPSA) is 92.6 Å². The van der Waals surface area contributed by atoms with Gasteiger partial charge in [-0.1, -0.05) is 63.7 Å². The highest BCUT2D eigenvalue weighted by molar-refractivity contribution is 9.10. The van der Waals surface area contributed by atoms with Crippen molar-refractivity contribution in [1.82, 2.24) is 10.2 Å². The number of hydrogen-bond acceptors (Lipinski definition) is 7. The molecule has 7 nitrogen and oxygen atoms in total. The van der Waals surface area contributed by atoms with Crippen LogP contribution in [0.25, 0.3) is 5.76 Å². The van der Waals surface area contributed by atoms with Gasteiger partial charge in [-0.2, -0.15) is 0 Å². The van der Waals surface area contributed by atoms with Crippen LogP contribution in [0.1, 0.15) is 33.3 Å². The number of anilines is 1. The summed E-state index contributed by atoms with van der Waals surface area (Å²) in [6.45, 7) is 4.21. The SMILES string of the molecule is Cc1nnc(N2C(=O)C(=O)/C(=C(/O)c3ccc(OCc4ccccc4C)cc3)C2c2cccc(Br)c2)s1. The minimum Gasteiger partial charge on any atom is -0.507 e. The number of Topliss-reactive ketones (excluding diaryl/α,β-unsaturated/α-hetero) is 1. The highest BCUT2D eigenvalue weighted by atomic mass is 79.9. The van der Waals surface area contributed by atoms with Crippen LogP contribution in [0.2, 0.25) is 0 Å². The van der Waals surface area contributed by atoms with Crippen molar-refractivity contribution in [2.45, 2.75) is 26.5 Å². The predicted octanol–water partition coefficient (Wildman–Crippen LogP) is 6.12. The molecule has 1 unspecified atom stereocenters. The molecule has 1 aliphatic heterocycles. The summed E-state index contributed by atoms with van der Waals surface area (Å²) in [6, 6.07) is 21.2. The largest absolute Gasteiger partial charge is 0.507 e. The lowest BCUT2D eigenvalue weighted by molar-refractivity contribution is -0.132. The molecule has 0 bridgehead atoms. The zero-order valence-corrected chi connectivity index (χ0v) is 22.4. The van der Waals surface area contributed by atoms with E-state index in [9.17, 15) is 14.7 Å². The number of benzene rings is 3. The fourth-order valence-electron chi connectivity index (χ4n) is 4.20. The fraction of sp³-hybridized carbons (Fsp3) is 0.143. The van der Waals surface area contributed by atoms with Gasteiger partial charge in [0.2, 0.25) is 5.13 Å². The number of carbonyl (C=O) groups is 2. The van der Waals surface area contributed by atoms with Crippen LogP contribution in [0.15, 0.2) is 82.8 Å². The van der Waals surface area contributed by atoms with Crippen molar-refractivity contribution < 1.29 is 19.4 Å². The van der Waals surface area contributed by atoms with Gasteiger partial charge in [0, 0.05) is 10.0 Å². The number of halogens is 1. The molecule has 37 heavy (non-hydrogen) atoms. The molecule has 9 heteroatoms. The third kappa shape index (κ3) is 4.92. The number of rotatable bonds is 6. The molecule has 3 aromatic carbocycles. The Morgan fingerprint density at radius 3 is 2.46 bits per heavy atom. The lowest BCUT2D eigenvalue weighted by Crippen LogP contribution is -2.29. The molecule has 1 atom stereocenters.